The van der Waals surface area contributed by atoms with Crippen molar-refractivity contribution in [3.05, 3.63) is 58.7 Å². The normalized spacial score (nSPS) is 10.4. The molecule has 0 aliphatic heterocycles. The number of hydrogen-bond donors (Lipinski definition) is 1. The summed E-state index contributed by atoms with van der Waals surface area (Å²) < 4.78 is 42.7. The summed E-state index contributed by atoms with van der Waals surface area (Å²) in [5.41, 5.74) is -3.09. The van der Waals surface area contributed by atoms with E-state index in [1.54, 1.807) is 30.6 Å². The zero-order valence-electron chi connectivity index (χ0n) is 13.6. The molecule has 5 N–H and O–H groups in total. The van der Waals surface area contributed by atoms with Gasteiger partial charge in [-0.25, -0.2) is 4.79 Å². The third kappa shape index (κ3) is 5.39. The van der Waals surface area contributed by atoms with Crippen LogP contribution in [0.25, 0.3) is 11.0 Å². The van der Waals surface area contributed by atoms with Gasteiger partial charge in [-0.05, 0) is 24.3 Å². The number of Topliss-reactive ketones (excluding diaryl/α,β-unsaturated/α-hetero) is 1. The molecule has 0 fully saturated rings. The molecule has 0 spiro atoms. The number of carbonyl (C=O) groups is 1. The third-order valence-electron chi connectivity index (χ3n) is 3.22. The van der Waals surface area contributed by atoms with Crippen molar-refractivity contribution >= 4 is 28.5 Å². The van der Waals surface area contributed by atoms with Gasteiger partial charge in [0.05, 0.1) is 10.3 Å². The van der Waals surface area contributed by atoms with Gasteiger partial charge in [0.2, 0.25) is 0 Å². The predicted molar refractivity (Wildman–Crippen MR) is 90.1 cm³/mol. The number of pyridine rings is 1. The van der Waals surface area contributed by atoms with Gasteiger partial charge in [-0.3, -0.25) is 9.78 Å². The van der Waals surface area contributed by atoms with Crippen LogP contribution >= 0.6 is 11.8 Å². The Morgan fingerprint density at radius 1 is 1.14 bits per heavy atom. The molecule has 0 amide bonds. The molecule has 2 heterocycles. The molecule has 3 aromatic rings. The molecule has 12 heteroatoms. The molecule has 0 saturated carbocycles. The Kier molecular flexibility index (Phi) is 9.98. The van der Waals surface area contributed by atoms with Crippen molar-refractivity contribution in [1.82, 2.24) is 4.98 Å². The molecule has 3 rings (SSSR count). The van der Waals surface area contributed by atoms with E-state index in [0.717, 1.165) is 11.8 Å². The van der Waals surface area contributed by atoms with Crippen LogP contribution in [0.4, 0.5) is 13.2 Å². The first-order valence-electron chi connectivity index (χ1n) is 6.77. The Morgan fingerprint density at radius 2 is 1.82 bits per heavy atom. The molecule has 1 aromatic carbocycles. The Balaban J connectivity index is 0.00000243. The summed E-state index contributed by atoms with van der Waals surface area (Å²) in [5, 5.41) is 9.89. The number of fused-ring (bicyclic) bond motifs is 1. The predicted octanol–water partition coefficient (Wildman–Crippen LogP) is 2.14. The third-order valence-corrected chi connectivity index (χ3v) is 4.24. The quantitative estimate of drug-likeness (QED) is 0.388. The largest absolute Gasteiger partial charge is 0.506 e. The number of rotatable bonds is 3. The first-order valence-corrected chi connectivity index (χ1v) is 7.59. The molecule has 0 unspecified atom stereocenters. The maximum Gasteiger partial charge on any atom is 0.455 e. The van der Waals surface area contributed by atoms with E-state index in [1.165, 1.54) is 12.1 Å². The van der Waals surface area contributed by atoms with Crippen LogP contribution in [-0.4, -0.2) is 33.0 Å². The Hall–Kier alpha value is -1.31. The van der Waals surface area contributed by atoms with E-state index < -0.39 is 28.9 Å². The van der Waals surface area contributed by atoms with Crippen LogP contribution < -0.4 is 5.63 Å². The van der Waals surface area contributed by atoms with Crippen LogP contribution in [0, 0.1) is 49.4 Å². The molecule has 0 saturated heterocycles. The van der Waals surface area contributed by atoms with E-state index in [4.69, 9.17) is 4.42 Å². The summed E-state index contributed by atoms with van der Waals surface area (Å²) in [5.74, 6) is -3.51. The SMILES string of the molecule is O.O.O=C(c1c(O)c2cccc(Sc3cccnc3)c2oc1=O)C(F)(F)F.[Eu]. The second-order valence-electron chi connectivity index (χ2n) is 4.86. The van der Waals surface area contributed by atoms with Gasteiger partial charge < -0.3 is 20.5 Å². The van der Waals surface area contributed by atoms with Gasteiger partial charge in [0.1, 0.15) is 5.75 Å². The van der Waals surface area contributed by atoms with Gasteiger partial charge in [-0.1, -0.05) is 17.8 Å². The Bertz CT molecular complexity index is 1030. The van der Waals surface area contributed by atoms with E-state index in [0.29, 0.717) is 9.79 Å². The number of aromatic hydroxyl groups is 1. The van der Waals surface area contributed by atoms with Crippen molar-refractivity contribution in [2.75, 3.05) is 0 Å². The van der Waals surface area contributed by atoms with Crippen LogP contribution in [0.3, 0.4) is 0 Å². The summed E-state index contributed by atoms with van der Waals surface area (Å²) in [4.78, 5) is 28.2. The van der Waals surface area contributed by atoms with E-state index >= 15 is 0 Å². The van der Waals surface area contributed by atoms with Crippen LogP contribution in [0.15, 0.2) is 61.7 Å². The van der Waals surface area contributed by atoms with Gasteiger partial charge in [0.15, 0.2) is 11.1 Å². The molecule has 0 atom stereocenters. The minimum Gasteiger partial charge on any atom is -0.506 e. The van der Waals surface area contributed by atoms with Gasteiger partial charge in [-0.2, -0.15) is 13.2 Å². The van der Waals surface area contributed by atoms with Crippen LogP contribution in [0.1, 0.15) is 10.4 Å². The smallest absolute Gasteiger partial charge is 0.455 e. The van der Waals surface area contributed by atoms with Crippen molar-refractivity contribution in [1.29, 1.82) is 0 Å². The van der Waals surface area contributed by atoms with Gasteiger partial charge in [0, 0.05) is 66.7 Å². The molecular weight excluding hydrogens is 543 g/mol. The fraction of sp³-hybridized carbons (Fsp3) is 0.0625. The zero-order chi connectivity index (χ0) is 18.2. The molecule has 1 radical (unpaired) electrons. The summed E-state index contributed by atoms with van der Waals surface area (Å²) in [7, 11) is 0. The number of nitrogens with zero attached hydrogens (tertiary/aromatic N) is 1. The van der Waals surface area contributed by atoms with Gasteiger partial charge in [-0.15, -0.1) is 0 Å². The van der Waals surface area contributed by atoms with Crippen LogP contribution in [0.5, 0.6) is 5.75 Å². The minimum atomic E-state index is -5.30. The van der Waals surface area contributed by atoms with Gasteiger partial charge in [0.25, 0.3) is 5.78 Å². The number of alkyl halides is 3. The summed E-state index contributed by atoms with van der Waals surface area (Å²) in [6, 6.07) is 7.70. The summed E-state index contributed by atoms with van der Waals surface area (Å²) >= 11 is 1.14. The van der Waals surface area contributed by atoms with E-state index in [2.05, 4.69) is 4.98 Å². The molecule has 7 nitrogen and oxygen atoms in total. The number of halogens is 3. The van der Waals surface area contributed by atoms with Crippen molar-refractivity contribution in [3.63, 3.8) is 0 Å². The standard InChI is InChI=1S/C16H8F3NO4S.Eu.2H2O/c17-16(18,19)14(22)11-12(21)9-4-1-5-10(13(9)24-15(11)23)25-8-3-2-6-20-7-8;;;/h1-7,21H;;2*1H2. The number of aromatic nitrogens is 1. The molecule has 0 aliphatic carbocycles. The van der Waals surface area contributed by atoms with Crippen LogP contribution in [-0.2, 0) is 0 Å². The maximum atomic E-state index is 12.6. The molecule has 0 aliphatic rings. The minimum absolute atomic E-state index is 0. The topological polar surface area (TPSA) is 143 Å². The molecule has 28 heavy (non-hydrogen) atoms. The van der Waals surface area contributed by atoms with Crippen molar-refractivity contribution < 1.29 is 87.8 Å². The van der Waals surface area contributed by atoms with Crippen molar-refractivity contribution in [3.8, 4) is 5.75 Å². The summed E-state index contributed by atoms with van der Waals surface area (Å²) in [6.07, 6.45) is -2.20. The van der Waals surface area contributed by atoms with Crippen LogP contribution in [0.2, 0.25) is 0 Å². The fourth-order valence-corrected chi connectivity index (χ4v) is 3.04. The molecule has 151 valence electrons. The average molecular weight is 555 g/mol. The molecule has 0 bridgehead atoms. The van der Waals surface area contributed by atoms with Crippen molar-refractivity contribution in [2.24, 2.45) is 0 Å². The van der Waals surface area contributed by atoms with E-state index in [-0.39, 0.29) is 71.3 Å². The second kappa shape index (κ2) is 10.5. The summed E-state index contributed by atoms with van der Waals surface area (Å²) in [6.45, 7) is 0. The van der Waals surface area contributed by atoms with Crippen molar-refractivity contribution in [2.45, 2.75) is 16.0 Å². The second-order valence-corrected chi connectivity index (χ2v) is 5.98. The van der Waals surface area contributed by atoms with E-state index in [1.807, 2.05) is 0 Å². The van der Waals surface area contributed by atoms with Gasteiger partial charge >= 0.3 is 11.8 Å². The molecule has 2 aromatic heterocycles. The zero-order valence-corrected chi connectivity index (χ0v) is 16.8. The Morgan fingerprint density at radius 3 is 2.39 bits per heavy atom. The number of benzene rings is 1. The molecular formula is C16H12EuF3NO6S. The monoisotopic (exact) mass is 556 g/mol. The maximum absolute atomic E-state index is 12.6. The first kappa shape index (κ1) is 26.7. The first-order chi connectivity index (χ1) is 11.8. The average Bonchev–Trinajstić information content (AvgIpc) is 2.56. The van der Waals surface area contributed by atoms with E-state index in [9.17, 15) is 27.9 Å². The fourth-order valence-electron chi connectivity index (χ4n) is 2.14. The Labute approximate surface area is 200 Å². The number of ketones is 1. The number of hydrogen-bond acceptors (Lipinski definition) is 6. The number of carbonyl (C=O) groups excluding carboxylic acids is 1. The number of para-hydroxylation sites is 1.